The molecule has 0 unspecified atom stereocenters. The molecule has 3 aliphatic rings. The molecule has 2 heterocycles. The van der Waals surface area contributed by atoms with Crippen molar-refractivity contribution in [1.82, 2.24) is 15.0 Å². The predicted octanol–water partition coefficient (Wildman–Crippen LogP) is 2.96. The molecule has 3 N–H and O–H groups in total. The van der Waals surface area contributed by atoms with E-state index in [-0.39, 0.29) is 22.8 Å². The van der Waals surface area contributed by atoms with Crippen LogP contribution in [0.25, 0.3) is 21.9 Å². The van der Waals surface area contributed by atoms with Crippen LogP contribution in [-0.4, -0.2) is 33.2 Å². The summed E-state index contributed by atoms with van der Waals surface area (Å²) in [4.78, 5) is 11.4. The molecule has 0 aliphatic heterocycles. The van der Waals surface area contributed by atoms with Gasteiger partial charge in [-0.15, -0.1) is 0 Å². The highest BCUT2D eigenvalue weighted by molar-refractivity contribution is 6.08. The van der Waals surface area contributed by atoms with E-state index in [0.717, 1.165) is 31.9 Å². The van der Waals surface area contributed by atoms with Gasteiger partial charge in [0.05, 0.1) is 10.9 Å². The minimum Gasteiger partial charge on any atom is -0.396 e. The van der Waals surface area contributed by atoms with Crippen molar-refractivity contribution in [1.29, 1.82) is 0 Å². The zero-order valence-corrected chi connectivity index (χ0v) is 12.9. The summed E-state index contributed by atoms with van der Waals surface area (Å²) in [6.45, 7) is 1.02. The second kappa shape index (κ2) is 4.42. The standard InChI is InChI=1S/C17H16F2N4O/c18-9-1-10(19)12-11(2-9)23-14-13(12)21-8-22-15(14)20-6-16-3-17(4-16,5-16)7-24/h1-2,8,23-24H,3-7H2,(H,20,21,22). The molecule has 3 aromatic rings. The van der Waals surface area contributed by atoms with Gasteiger partial charge in [-0.05, 0) is 36.2 Å². The van der Waals surface area contributed by atoms with E-state index in [2.05, 4.69) is 20.3 Å². The molecule has 3 saturated carbocycles. The molecule has 0 saturated heterocycles. The minimum atomic E-state index is -0.634. The molecule has 1 aromatic carbocycles. The van der Waals surface area contributed by atoms with Gasteiger partial charge in [0.2, 0.25) is 0 Å². The smallest absolute Gasteiger partial charge is 0.153 e. The molecular formula is C17H16F2N4O. The second-order valence-corrected chi connectivity index (χ2v) is 7.42. The Hall–Kier alpha value is -2.28. The lowest BCUT2D eigenvalue weighted by Gasteiger charge is -2.70. The Morgan fingerprint density at radius 3 is 2.71 bits per heavy atom. The topological polar surface area (TPSA) is 73.8 Å². The van der Waals surface area contributed by atoms with E-state index in [4.69, 9.17) is 0 Å². The van der Waals surface area contributed by atoms with Crippen LogP contribution < -0.4 is 5.32 Å². The molecule has 0 spiro atoms. The largest absolute Gasteiger partial charge is 0.396 e. The van der Waals surface area contributed by atoms with E-state index < -0.39 is 11.6 Å². The number of aromatic nitrogens is 3. The molecule has 3 fully saturated rings. The molecule has 0 atom stereocenters. The molecule has 0 radical (unpaired) electrons. The number of aliphatic hydroxyl groups is 1. The molecular weight excluding hydrogens is 314 g/mol. The van der Waals surface area contributed by atoms with Crippen LogP contribution in [0.1, 0.15) is 19.3 Å². The van der Waals surface area contributed by atoms with Crippen LogP contribution in [0, 0.1) is 22.5 Å². The number of rotatable bonds is 4. The summed E-state index contributed by atoms with van der Waals surface area (Å²) < 4.78 is 27.5. The van der Waals surface area contributed by atoms with Crippen molar-refractivity contribution < 1.29 is 13.9 Å². The van der Waals surface area contributed by atoms with E-state index in [1.54, 1.807) is 0 Å². The quantitative estimate of drug-likeness (QED) is 0.688. The zero-order chi connectivity index (χ0) is 16.5. The predicted molar refractivity (Wildman–Crippen MR) is 85.6 cm³/mol. The van der Waals surface area contributed by atoms with Crippen LogP contribution in [0.3, 0.4) is 0 Å². The van der Waals surface area contributed by atoms with Crippen molar-refractivity contribution in [3.8, 4) is 0 Å². The van der Waals surface area contributed by atoms with Crippen LogP contribution in [0.2, 0.25) is 0 Å². The summed E-state index contributed by atoms with van der Waals surface area (Å²) >= 11 is 0. The Balaban J connectivity index is 1.49. The molecule has 124 valence electrons. The summed E-state index contributed by atoms with van der Waals surface area (Å²) in [5.74, 6) is -0.666. The maximum Gasteiger partial charge on any atom is 0.153 e. The fourth-order valence-corrected chi connectivity index (χ4v) is 4.73. The van der Waals surface area contributed by atoms with Crippen molar-refractivity contribution in [2.75, 3.05) is 18.5 Å². The van der Waals surface area contributed by atoms with E-state index in [9.17, 15) is 13.9 Å². The lowest BCUT2D eigenvalue weighted by Crippen LogP contribution is -2.65. The average molecular weight is 330 g/mol. The molecule has 7 heteroatoms. The van der Waals surface area contributed by atoms with E-state index in [1.165, 1.54) is 12.4 Å². The lowest BCUT2D eigenvalue weighted by molar-refractivity contribution is -0.214. The number of hydrogen-bond acceptors (Lipinski definition) is 4. The number of aromatic amines is 1. The summed E-state index contributed by atoms with van der Waals surface area (Å²) in [5, 5.41) is 12.9. The van der Waals surface area contributed by atoms with Crippen LogP contribution in [0.15, 0.2) is 18.5 Å². The monoisotopic (exact) mass is 330 g/mol. The van der Waals surface area contributed by atoms with Gasteiger partial charge in [0, 0.05) is 19.2 Å². The van der Waals surface area contributed by atoms with Gasteiger partial charge in [-0.25, -0.2) is 18.7 Å². The summed E-state index contributed by atoms with van der Waals surface area (Å²) in [6, 6.07) is 2.12. The molecule has 24 heavy (non-hydrogen) atoms. The first-order valence-electron chi connectivity index (χ1n) is 7.99. The fourth-order valence-electron chi connectivity index (χ4n) is 4.73. The number of nitrogens with one attached hydrogen (secondary N) is 2. The third-order valence-corrected chi connectivity index (χ3v) is 5.61. The van der Waals surface area contributed by atoms with Crippen molar-refractivity contribution in [3.63, 3.8) is 0 Å². The van der Waals surface area contributed by atoms with Crippen LogP contribution in [-0.2, 0) is 0 Å². The van der Waals surface area contributed by atoms with Gasteiger partial charge in [0.1, 0.15) is 29.0 Å². The number of halogens is 2. The fraction of sp³-hybridized carbons (Fsp3) is 0.412. The number of benzene rings is 1. The van der Waals surface area contributed by atoms with E-state index >= 15 is 0 Å². The van der Waals surface area contributed by atoms with Crippen molar-refractivity contribution in [3.05, 3.63) is 30.1 Å². The molecule has 3 aliphatic carbocycles. The number of anilines is 1. The SMILES string of the molecule is OCC12CC(CNc3ncnc4c3[nH]c3cc(F)cc(F)c34)(C1)C2. The summed E-state index contributed by atoms with van der Waals surface area (Å²) in [5.41, 5.74) is 1.80. The highest BCUT2D eigenvalue weighted by Gasteiger charge is 2.66. The average Bonchev–Trinajstić information content (AvgIpc) is 2.83. The van der Waals surface area contributed by atoms with Crippen LogP contribution in [0.4, 0.5) is 14.6 Å². The van der Waals surface area contributed by atoms with Gasteiger partial charge in [-0.2, -0.15) is 0 Å². The minimum absolute atomic E-state index is 0.157. The first-order chi connectivity index (χ1) is 11.5. The Bertz CT molecular complexity index is 964. The second-order valence-electron chi connectivity index (χ2n) is 7.42. The van der Waals surface area contributed by atoms with Gasteiger partial charge >= 0.3 is 0 Å². The zero-order valence-electron chi connectivity index (χ0n) is 12.9. The molecule has 0 amide bonds. The van der Waals surface area contributed by atoms with Crippen molar-refractivity contribution >= 4 is 27.8 Å². The highest BCUT2D eigenvalue weighted by Crippen LogP contribution is 2.72. The summed E-state index contributed by atoms with van der Waals surface area (Å²) in [6.07, 6.45) is 4.48. The Morgan fingerprint density at radius 1 is 1.17 bits per heavy atom. The Kier molecular flexibility index (Phi) is 2.59. The van der Waals surface area contributed by atoms with Crippen LogP contribution in [0.5, 0.6) is 0 Å². The highest BCUT2D eigenvalue weighted by atomic mass is 19.1. The molecule has 2 aromatic heterocycles. The van der Waals surface area contributed by atoms with Gasteiger partial charge in [0.25, 0.3) is 0 Å². The van der Waals surface area contributed by atoms with Gasteiger partial charge in [-0.1, -0.05) is 0 Å². The van der Waals surface area contributed by atoms with E-state index in [1.807, 2.05) is 0 Å². The van der Waals surface area contributed by atoms with Gasteiger partial charge in [-0.3, -0.25) is 0 Å². The summed E-state index contributed by atoms with van der Waals surface area (Å²) in [7, 11) is 0. The Morgan fingerprint density at radius 2 is 1.96 bits per heavy atom. The van der Waals surface area contributed by atoms with Gasteiger partial charge in [0.15, 0.2) is 5.82 Å². The number of fused-ring (bicyclic) bond motifs is 3. The maximum atomic E-state index is 14.1. The lowest BCUT2D eigenvalue weighted by atomic mass is 9.35. The Labute approximate surface area is 136 Å². The third kappa shape index (κ3) is 1.76. The molecule has 2 bridgehead atoms. The number of H-pyrrole nitrogens is 1. The number of nitrogens with zero attached hydrogens (tertiary/aromatic N) is 2. The first-order valence-corrected chi connectivity index (χ1v) is 7.99. The third-order valence-electron chi connectivity index (χ3n) is 5.61. The van der Waals surface area contributed by atoms with Crippen molar-refractivity contribution in [2.45, 2.75) is 19.3 Å². The number of hydrogen-bond donors (Lipinski definition) is 3. The van der Waals surface area contributed by atoms with Gasteiger partial charge < -0.3 is 15.4 Å². The van der Waals surface area contributed by atoms with Crippen LogP contribution >= 0.6 is 0 Å². The van der Waals surface area contributed by atoms with E-state index in [0.29, 0.717) is 22.4 Å². The first kappa shape index (κ1) is 14.1. The van der Waals surface area contributed by atoms with Crippen molar-refractivity contribution in [2.24, 2.45) is 10.8 Å². The maximum absolute atomic E-state index is 14.1. The molecule has 5 nitrogen and oxygen atoms in total. The number of aliphatic hydroxyl groups excluding tert-OH is 1. The molecule has 6 rings (SSSR count). The normalized spacial score (nSPS) is 28.0.